The standard InChI is InChI=1S/C13H28N2/c1-6-7-10-15-12(2,3)8-9-14-11-13(15,4)5/h14H,6-11H2,1-5H3. The Balaban J connectivity index is 2.78. The molecule has 0 unspecified atom stereocenters. The molecule has 0 bridgehead atoms. The lowest BCUT2D eigenvalue weighted by Crippen LogP contribution is -2.56. The van der Waals surface area contributed by atoms with Crippen LogP contribution < -0.4 is 5.32 Å². The topological polar surface area (TPSA) is 15.3 Å². The summed E-state index contributed by atoms with van der Waals surface area (Å²) in [6.07, 6.45) is 3.85. The van der Waals surface area contributed by atoms with Gasteiger partial charge in [0.05, 0.1) is 0 Å². The second-order valence-electron chi connectivity index (χ2n) is 6.06. The van der Waals surface area contributed by atoms with Crippen molar-refractivity contribution >= 4 is 0 Å². The lowest BCUT2D eigenvalue weighted by Gasteiger charge is -2.47. The molecule has 0 aromatic heterocycles. The molecule has 0 atom stereocenters. The Morgan fingerprint density at radius 3 is 2.40 bits per heavy atom. The summed E-state index contributed by atoms with van der Waals surface area (Å²) in [7, 11) is 0. The molecule has 1 aliphatic heterocycles. The quantitative estimate of drug-likeness (QED) is 0.773. The number of hydrogen-bond donors (Lipinski definition) is 1. The van der Waals surface area contributed by atoms with Crippen molar-refractivity contribution in [3.05, 3.63) is 0 Å². The average molecular weight is 212 g/mol. The van der Waals surface area contributed by atoms with Crippen LogP contribution in [0.2, 0.25) is 0 Å². The zero-order chi connectivity index (χ0) is 11.5. The molecule has 15 heavy (non-hydrogen) atoms. The smallest absolute Gasteiger partial charge is 0.0282 e. The summed E-state index contributed by atoms with van der Waals surface area (Å²) in [5, 5.41) is 3.56. The molecular weight excluding hydrogens is 184 g/mol. The molecule has 0 aromatic rings. The van der Waals surface area contributed by atoms with Crippen LogP contribution in [0.25, 0.3) is 0 Å². The summed E-state index contributed by atoms with van der Waals surface area (Å²) in [6, 6.07) is 0. The highest BCUT2D eigenvalue weighted by molar-refractivity contribution is 4.96. The van der Waals surface area contributed by atoms with Gasteiger partial charge in [0, 0.05) is 17.6 Å². The third-order valence-corrected chi connectivity index (χ3v) is 3.67. The molecule has 2 heteroatoms. The first-order chi connectivity index (χ1) is 6.90. The molecule has 0 amide bonds. The largest absolute Gasteiger partial charge is 0.315 e. The Kier molecular flexibility index (Phi) is 4.19. The van der Waals surface area contributed by atoms with Gasteiger partial charge in [0.2, 0.25) is 0 Å². The maximum absolute atomic E-state index is 3.56. The predicted octanol–water partition coefficient (Wildman–Crippen LogP) is 2.64. The van der Waals surface area contributed by atoms with Crippen LogP contribution in [0.5, 0.6) is 0 Å². The number of nitrogens with zero attached hydrogens (tertiary/aromatic N) is 1. The van der Waals surface area contributed by atoms with Crippen molar-refractivity contribution in [2.75, 3.05) is 19.6 Å². The molecule has 1 saturated heterocycles. The third-order valence-electron chi connectivity index (χ3n) is 3.67. The second-order valence-corrected chi connectivity index (χ2v) is 6.06. The Morgan fingerprint density at radius 1 is 1.13 bits per heavy atom. The van der Waals surface area contributed by atoms with Crippen LogP contribution in [0, 0.1) is 0 Å². The molecule has 0 saturated carbocycles. The SMILES string of the molecule is CCCCN1C(C)(C)CCNCC1(C)C. The van der Waals surface area contributed by atoms with E-state index >= 15 is 0 Å². The van der Waals surface area contributed by atoms with E-state index < -0.39 is 0 Å². The van der Waals surface area contributed by atoms with Crippen LogP contribution in [0.4, 0.5) is 0 Å². The van der Waals surface area contributed by atoms with Crippen LogP contribution in [0.1, 0.15) is 53.9 Å². The maximum atomic E-state index is 3.56. The maximum Gasteiger partial charge on any atom is 0.0282 e. The lowest BCUT2D eigenvalue weighted by molar-refractivity contribution is 0.0265. The van der Waals surface area contributed by atoms with Gasteiger partial charge in [0.25, 0.3) is 0 Å². The first-order valence-electron chi connectivity index (χ1n) is 6.38. The van der Waals surface area contributed by atoms with E-state index in [2.05, 4.69) is 44.8 Å². The van der Waals surface area contributed by atoms with Crippen LogP contribution in [-0.2, 0) is 0 Å². The first kappa shape index (κ1) is 13.0. The summed E-state index contributed by atoms with van der Waals surface area (Å²) < 4.78 is 0. The Morgan fingerprint density at radius 2 is 1.80 bits per heavy atom. The van der Waals surface area contributed by atoms with Gasteiger partial charge in [-0.15, -0.1) is 0 Å². The lowest BCUT2D eigenvalue weighted by atomic mass is 9.91. The van der Waals surface area contributed by atoms with Crippen molar-refractivity contribution in [3.8, 4) is 0 Å². The monoisotopic (exact) mass is 212 g/mol. The van der Waals surface area contributed by atoms with Gasteiger partial charge in [-0.2, -0.15) is 0 Å². The predicted molar refractivity (Wildman–Crippen MR) is 67.3 cm³/mol. The third kappa shape index (κ3) is 3.18. The molecule has 1 N–H and O–H groups in total. The molecule has 0 aliphatic carbocycles. The van der Waals surface area contributed by atoms with Crippen molar-refractivity contribution in [2.45, 2.75) is 65.0 Å². The van der Waals surface area contributed by atoms with E-state index in [0.717, 1.165) is 13.1 Å². The van der Waals surface area contributed by atoms with Gasteiger partial charge in [0.1, 0.15) is 0 Å². The second kappa shape index (κ2) is 4.84. The molecule has 0 spiro atoms. The number of unbranched alkanes of at least 4 members (excludes halogenated alkanes) is 1. The highest BCUT2D eigenvalue weighted by atomic mass is 15.3. The normalized spacial score (nSPS) is 26.2. The molecule has 0 radical (unpaired) electrons. The fourth-order valence-corrected chi connectivity index (χ4v) is 2.76. The van der Waals surface area contributed by atoms with Crippen LogP contribution >= 0.6 is 0 Å². The zero-order valence-electron chi connectivity index (χ0n) is 11.2. The van der Waals surface area contributed by atoms with Gasteiger partial charge >= 0.3 is 0 Å². The summed E-state index contributed by atoms with van der Waals surface area (Å²) in [5.41, 5.74) is 0.622. The van der Waals surface area contributed by atoms with Crippen molar-refractivity contribution in [3.63, 3.8) is 0 Å². The van der Waals surface area contributed by atoms with Gasteiger partial charge in [-0.3, -0.25) is 4.90 Å². The summed E-state index contributed by atoms with van der Waals surface area (Å²) in [4.78, 5) is 2.70. The Hall–Kier alpha value is -0.0800. The van der Waals surface area contributed by atoms with E-state index in [1.165, 1.54) is 25.8 Å². The molecule has 2 nitrogen and oxygen atoms in total. The first-order valence-corrected chi connectivity index (χ1v) is 6.38. The number of nitrogens with one attached hydrogen (secondary N) is 1. The molecule has 1 heterocycles. The summed E-state index contributed by atoms with van der Waals surface area (Å²) in [5.74, 6) is 0. The molecular formula is C13H28N2. The van der Waals surface area contributed by atoms with Crippen LogP contribution in [0.15, 0.2) is 0 Å². The van der Waals surface area contributed by atoms with Gasteiger partial charge in [-0.1, -0.05) is 13.3 Å². The van der Waals surface area contributed by atoms with Gasteiger partial charge in [-0.05, 0) is 53.6 Å². The highest BCUT2D eigenvalue weighted by Crippen LogP contribution is 2.29. The van der Waals surface area contributed by atoms with Crippen molar-refractivity contribution in [1.82, 2.24) is 10.2 Å². The minimum atomic E-state index is 0.287. The van der Waals surface area contributed by atoms with E-state index in [1.54, 1.807) is 0 Å². The minimum Gasteiger partial charge on any atom is -0.315 e. The van der Waals surface area contributed by atoms with E-state index in [9.17, 15) is 0 Å². The fourth-order valence-electron chi connectivity index (χ4n) is 2.76. The fraction of sp³-hybridized carbons (Fsp3) is 1.00. The minimum absolute atomic E-state index is 0.287. The molecule has 1 aliphatic rings. The van der Waals surface area contributed by atoms with Crippen molar-refractivity contribution in [2.24, 2.45) is 0 Å². The molecule has 1 fully saturated rings. The van der Waals surface area contributed by atoms with Crippen molar-refractivity contribution in [1.29, 1.82) is 0 Å². The van der Waals surface area contributed by atoms with E-state index in [4.69, 9.17) is 0 Å². The Labute approximate surface area is 95.4 Å². The van der Waals surface area contributed by atoms with E-state index in [-0.39, 0.29) is 5.54 Å². The van der Waals surface area contributed by atoms with E-state index in [1.807, 2.05) is 0 Å². The van der Waals surface area contributed by atoms with Crippen molar-refractivity contribution < 1.29 is 0 Å². The number of hydrogen-bond acceptors (Lipinski definition) is 2. The van der Waals surface area contributed by atoms with Crippen LogP contribution in [0.3, 0.4) is 0 Å². The van der Waals surface area contributed by atoms with Crippen LogP contribution in [-0.4, -0.2) is 35.6 Å². The summed E-state index contributed by atoms with van der Waals surface area (Å²) >= 11 is 0. The van der Waals surface area contributed by atoms with E-state index in [0.29, 0.717) is 5.54 Å². The summed E-state index contributed by atoms with van der Waals surface area (Å²) in [6.45, 7) is 15.3. The van der Waals surface area contributed by atoms with Gasteiger partial charge in [-0.25, -0.2) is 0 Å². The number of rotatable bonds is 3. The zero-order valence-corrected chi connectivity index (χ0v) is 11.2. The highest BCUT2D eigenvalue weighted by Gasteiger charge is 2.38. The average Bonchev–Trinajstić information content (AvgIpc) is 2.21. The van der Waals surface area contributed by atoms with Gasteiger partial charge in [0.15, 0.2) is 0 Å². The molecule has 90 valence electrons. The molecule has 1 rings (SSSR count). The molecule has 0 aromatic carbocycles. The Bertz CT molecular complexity index is 179. The van der Waals surface area contributed by atoms with Gasteiger partial charge < -0.3 is 5.32 Å².